The van der Waals surface area contributed by atoms with Crippen LogP contribution >= 0.6 is 11.6 Å². The van der Waals surface area contributed by atoms with Crippen LogP contribution in [0.15, 0.2) is 47.4 Å². The molecule has 0 spiro atoms. The topological polar surface area (TPSA) is 55.4 Å². The van der Waals surface area contributed by atoms with Crippen molar-refractivity contribution in [2.45, 2.75) is 37.8 Å². The monoisotopic (exact) mass is 371 g/mol. The molecule has 1 N–H and O–H groups in total. The lowest BCUT2D eigenvalue weighted by Gasteiger charge is -2.15. The van der Waals surface area contributed by atoms with E-state index in [2.05, 4.69) is 5.32 Å². The molecule has 2 rings (SSSR count). The van der Waals surface area contributed by atoms with E-state index in [4.69, 9.17) is 15.8 Å². The van der Waals surface area contributed by atoms with Gasteiger partial charge in [-0.15, -0.1) is 0 Å². The standard InChI is InChI=1S/C17H19ClFNO3S/c1-3-12(2)20-11-13-10-14(18)4-9-17(13)23-24(21,22)16-7-5-15(19)6-8-16/h4-10,12,20H,3,11H2,1-2H3/t12-/m1/s1. The Labute approximate surface area is 146 Å². The highest BCUT2D eigenvalue weighted by molar-refractivity contribution is 7.87. The summed E-state index contributed by atoms with van der Waals surface area (Å²) < 4.78 is 42.9. The average Bonchev–Trinajstić information content (AvgIpc) is 2.55. The lowest BCUT2D eigenvalue weighted by atomic mass is 10.2. The molecule has 0 saturated heterocycles. The maximum Gasteiger partial charge on any atom is 0.339 e. The van der Waals surface area contributed by atoms with E-state index in [9.17, 15) is 12.8 Å². The van der Waals surface area contributed by atoms with Crippen LogP contribution in [0.5, 0.6) is 5.75 Å². The van der Waals surface area contributed by atoms with Crippen LogP contribution in [-0.4, -0.2) is 14.5 Å². The second-order valence-electron chi connectivity index (χ2n) is 5.43. The van der Waals surface area contributed by atoms with Crippen LogP contribution in [0.1, 0.15) is 25.8 Å². The fourth-order valence-corrected chi connectivity index (χ4v) is 3.12. The smallest absolute Gasteiger partial charge is 0.339 e. The Morgan fingerprint density at radius 2 is 1.88 bits per heavy atom. The first kappa shape index (κ1) is 18.7. The number of halogens is 2. The first-order valence-electron chi connectivity index (χ1n) is 7.53. The van der Waals surface area contributed by atoms with Crippen molar-refractivity contribution >= 4 is 21.7 Å². The molecule has 1 atom stereocenters. The third-order valence-corrected chi connectivity index (χ3v) is 5.06. The molecule has 7 heteroatoms. The molecule has 0 aliphatic rings. The zero-order valence-electron chi connectivity index (χ0n) is 13.4. The highest BCUT2D eigenvalue weighted by Gasteiger charge is 2.19. The van der Waals surface area contributed by atoms with E-state index in [0.29, 0.717) is 17.1 Å². The van der Waals surface area contributed by atoms with E-state index in [1.807, 2.05) is 13.8 Å². The molecule has 0 aromatic heterocycles. The van der Waals surface area contributed by atoms with Crippen molar-refractivity contribution < 1.29 is 17.0 Å². The largest absolute Gasteiger partial charge is 0.379 e. The molecule has 2 aromatic carbocycles. The Kier molecular flexibility index (Phi) is 6.21. The predicted molar refractivity (Wildman–Crippen MR) is 92.3 cm³/mol. The lowest BCUT2D eigenvalue weighted by Crippen LogP contribution is -2.25. The van der Waals surface area contributed by atoms with Crippen LogP contribution in [-0.2, 0) is 16.7 Å². The summed E-state index contributed by atoms with van der Waals surface area (Å²) in [6, 6.07) is 9.47. The van der Waals surface area contributed by atoms with Gasteiger partial charge in [0.15, 0.2) is 0 Å². The van der Waals surface area contributed by atoms with E-state index in [1.165, 1.54) is 6.07 Å². The number of hydrogen-bond donors (Lipinski definition) is 1. The summed E-state index contributed by atoms with van der Waals surface area (Å²) in [5, 5.41) is 3.75. The Bertz CT molecular complexity index is 794. The van der Waals surface area contributed by atoms with E-state index >= 15 is 0 Å². The fourth-order valence-electron chi connectivity index (χ4n) is 1.96. The summed E-state index contributed by atoms with van der Waals surface area (Å²) in [7, 11) is -4.05. The van der Waals surface area contributed by atoms with Crippen molar-refractivity contribution in [2.75, 3.05) is 0 Å². The molecule has 0 radical (unpaired) electrons. The SMILES string of the molecule is CC[C@@H](C)NCc1cc(Cl)ccc1OS(=O)(=O)c1ccc(F)cc1. The van der Waals surface area contributed by atoms with Gasteiger partial charge in [0, 0.05) is 23.2 Å². The first-order valence-corrected chi connectivity index (χ1v) is 9.32. The summed E-state index contributed by atoms with van der Waals surface area (Å²) in [5.41, 5.74) is 0.633. The van der Waals surface area contributed by atoms with Crippen LogP contribution in [0.4, 0.5) is 4.39 Å². The third-order valence-electron chi connectivity index (χ3n) is 3.58. The number of rotatable bonds is 7. The Morgan fingerprint density at radius 1 is 1.21 bits per heavy atom. The molecule has 0 unspecified atom stereocenters. The molecule has 130 valence electrons. The van der Waals surface area contributed by atoms with Crippen LogP contribution in [0, 0.1) is 5.82 Å². The quantitative estimate of drug-likeness (QED) is 0.743. The van der Waals surface area contributed by atoms with Crippen LogP contribution in [0.25, 0.3) is 0 Å². The minimum atomic E-state index is -4.05. The number of benzene rings is 2. The number of nitrogens with one attached hydrogen (secondary N) is 1. The van der Waals surface area contributed by atoms with Gasteiger partial charge in [0.1, 0.15) is 16.5 Å². The van der Waals surface area contributed by atoms with E-state index < -0.39 is 15.9 Å². The molecule has 0 fully saturated rings. The summed E-state index contributed by atoms with van der Waals surface area (Å²) in [5.74, 6) is -0.321. The van der Waals surface area contributed by atoms with Gasteiger partial charge in [-0.25, -0.2) is 4.39 Å². The first-order chi connectivity index (χ1) is 11.3. The highest BCUT2D eigenvalue weighted by atomic mass is 35.5. The maximum atomic E-state index is 13.0. The second-order valence-corrected chi connectivity index (χ2v) is 7.42. The lowest BCUT2D eigenvalue weighted by molar-refractivity contribution is 0.476. The molecule has 0 saturated carbocycles. The van der Waals surface area contributed by atoms with Crippen molar-refractivity contribution in [2.24, 2.45) is 0 Å². The van der Waals surface area contributed by atoms with Gasteiger partial charge in [-0.3, -0.25) is 0 Å². The Balaban J connectivity index is 2.26. The molecular weight excluding hydrogens is 353 g/mol. The molecule has 24 heavy (non-hydrogen) atoms. The normalized spacial score (nSPS) is 12.8. The third kappa shape index (κ3) is 4.93. The van der Waals surface area contributed by atoms with Gasteiger partial charge in [-0.05, 0) is 55.8 Å². The number of hydrogen-bond acceptors (Lipinski definition) is 4. The summed E-state index contributed by atoms with van der Waals surface area (Å²) in [4.78, 5) is -0.111. The summed E-state index contributed by atoms with van der Waals surface area (Å²) >= 11 is 6.00. The Morgan fingerprint density at radius 3 is 2.50 bits per heavy atom. The van der Waals surface area contributed by atoms with Gasteiger partial charge in [0.2, 0.25) is 0 Å². The molecular formula is C17H19ClFNO3S. The van der Waals surface area contributed by atoms with Gasteiger partial charge in [0.05, 0.1) is 0 Å². The zero-order chi connectivity index (χ0) is 17.7. The van der Waals surface area contributed by atoms with Crippen molar-refractivity contribution in [1.29, 1.82) is 0 Å². The van der Waals surface area contributed by atoms with Gasteiger partial charge in [-0.1, -0.05) is 18.5 Å². The van der Waals surface area contributed by atoms with Gasteiger partial charge < -0.3 is 9.50 Å². The van der Waals surface area contributed by atoms with Crippen molar-refractivity contribution in [3.05, 3.63) is 58.9 Å². The highest BCUT2D eigenvalue weighted by Crippen LogP contribution is 2.26. The van der Waals surface area contributed by atoms with Gasteiger partial charge in [-0.2, -0.15) is 8.42 Å². The molecule has 0 aliphatic heterocycles. The molecule has 0 aliphatic carbocycles. The average molecular weight is 372 g/mol. The minimum absolute atomic E-state index is 0.111. The van der Waals surface area contributed by atoms with Crippen molar-refractivity contribution in [3.8, 4) is 5.75 Å². The van der Waals surface area contributed by atoms with Crippen LogP contribution < -0.4 is 9.50 Å². The maximum absolute atomic E-state index is 13.0. The van der Waals surface area contributed by atoms with Crippen LogP contribution in [0.3, 0.4) is 0 Å². The molecule has 0 amide bonds. The van der Waals surface area contributed by atoms with E-state index in [0.717, 1.165) is 30.7 Å². The van der Waals surface area contributed by atoms with E-state index in [1.54, 1.807) is 12.1 Å². The molecule has 2 aromatic rings. The summed E-state index contributed by atoms with van der Waals surface area (Å²) in [6.07, 6.45) is 0.935. The van der Waals surface area contributed by atoms with Gasteiger partial charge >= 0.3 is 10.1 Å². The van der Waals surface area contributed by atoms with E-state index in [-0.39, 0.29) is 16.7 Å². The predicted octanol–water partition coefficient (Wildman–Crippen LogP) is 4.13. The van der Waals surface area contributed by atoms with Crippen molar-refractivity contribution in [1.82, 2.24) is 5.32 Å². The molecule has 0 heterocycles. The minimum Gasteiger partial charge on any atom is -0.379 e. The Hall–Kier alpha value is -1.63. The summed E-state index contributed by atoms with van der Waals surface area (Å²) in [6.45, 7) is 4.50. The molecule has 4 nitrogen and oxygen atoms in total. The fraction of sp³-hybridized carbons (Fsp3) is 0.294. The zero-order valence-corrected chi connectivity index (χ0v) is 15.0. The van der Waals surface area contributed by atoms with Gasteiger partial charge in [0.25, 0.3) is 0 Å². The second kappa shape index (κ2) is 7.96. The van der Waals surface area contributed by atoms with Crippen LogP contribution in [0.2, 0.25) is 5.02 Å². The molecule has 0 bridgehead atoms. The van der Waals surface area contributed by atoms with Crippen molar-refractivity contribution in [3.63, 3.8) is 0 Å².